The van der Waals surface area contributed by atoms with Gasteiger partial charge in [0, 0.05) is 25.0 Å². The molecule has 2 rings (SSSR count). The molecule has 3 N–H and O–H groups in total. The standard InChI is InChI=1S/C16H22N6O4/c1-5-21-8-12(13(20-21)15(24)17-9(2)3)18-14(23)10(4)22-7-6-11(19-22)16(25)26/h6-10H,5H2,1-4H3,(H,17,24)(H,18,23)(H,25,26). The molecule has 2 aromatic rings. The van der Waals surface area contributed by atoms with Crippen molar-refractivity contribution >= 4 is 23.5 Å². The molecule has 1 unspecified atom stereocenters. The molecule has 2 amide bonds. The van der Waals surface area contributed by atoms with Gasteiger partial charge >= 0.3 is 5.97 Å². The van der Waals surface area contributed by atoms with E-state index in [4.69, 9.17) is 5.11 Å². The first kappa shape index (κ1) is 19.2. The zero-order chi connectivity index (χ0) is 19.4. The smallest absolute Gasteiger partial charge is 0.356 e. The van der Waals surface area contributed by atoms with E-state index in [-0.39, 0.29) is 29.0 Å². The molecule has 0 spiro atoms. The number of aryl methyl sites for hydroxylation is 1. The van der Waals surface area contributed by atoms with Gasteiger partial charge in [-0.3, -0.25) is 19.0 Å². The lowest BCUT2D eigenvalue weighted by atomic mass is 10.2. The highest BCUT2D eigenvalue weighted by molar-refractivity contribution is 6.03. The van der Waals surface area contributed by atoms with Gasteiger partial charge in [-0.2, -0.15) is 10.2 Å². The molecule has 1 atom stereocenters. The summed E-state index contributed by atoms with van der Waals surface area (Å²) in [6, 6.07) is 0.465. The van der Waals surface area contributed by atoms with Gasteiger partial charge in [0.25, 0.3) is 5.91 Å². The Morgan fingerprint density at radius 1 is 1.23 bits per heavy atom. The largest absolute Gasteiger partial charge is 0.476 e. The predicted octanol–water partition coefficient (Wildman–Crippen LogP) is 1.14. The third-order valence-electron chi connectivity index (χ3n) is 3.58. The van der Waals surface area contributed by atoms with Crippen LogP contribution in [0.4, 0.5) is 5.69 Å². The van der Waals surface area contributed by atoms with Crippen molar-refractivity contribution in [3.05, 3.63) is 29.8 Å². The summed E-state index contributed by atoms with van der Waals surface area (Å²) in [5.41, 5.74) is 0.251. The number of rotatable bonds is 7. The molecule has 0 radical (unpaired) electrons. The van der Waals surface area contributed by atoms with Crippen molar-refractivity contribution in [1.82, 2.24) is 24.9 Å². The number of carboxylic acids is 1. The van der Waals surface area contributed by atoms with Crippen LogP contribution in [0.5, 0.6) is 0 Å². The molecule has 0 fully saturated rings. The Hall–Kier alpha value is -3.17. The van der Waals surface area contributed by atoms with Crippen LogP contribution in [-0.4, -0.2) is 48.5 Å². The van der Waals surface area contributed by atoms with Gasteiger partial charge in [0.15, 0.2) is 11.4 Å². The normalized spacial score (nSPS) is 12.0. The lowest BCUT2D eigenvalue weighted by Crippen LogP contribution is -2.32. The Bertz CT molecular complexity index is 823. The number of hydrogen-bond donors (Lipinski definition) is 3. The minimum absolute atomic E-state index is 0.0738. The van der Waals surface area contributed by atoms with E-state index in [1.54, 1.807) is 17.8 Å². The van der Waals surface area contributed by atoms with Gasteiger partial charge in [0.2, 0.25) is 5.91 Å². The highest BCUT2D eigenvalue weighted by Crippen LogP contribution is 2.17. The third kappa shape index (κ3) is 4.26. The number of amides is 2. The van der Waals surface area contributed by atoms with Crippen LogP contribution in [0.2, 0.25) is 0 Å². The summed E-state index contributed by atoms with van der Waals surface area (Å²) in [7, 11) is 0. The molecule has 0 aliphatic heterocycles. The number of aromatic nitrogens is 4. The average molecular weight is 362 g/mol. The molecule has 0 saturated heterocycles. The van der Waals surface area contributed by atoms with E-state index in [0.29, 0.717) is 6.54 Å². The first-order valence-electron chi connectivity index (χ1n) is 8.20. The number of nitrogens with zero attached hydrogens (tertiary/aromatic N) is 4. The summed E-state index contributed by atoms with van der Waals surface area (Å²) in [5.74, 6) is -2.00. The van der Waals surface area contributed by atoms with E-state index in [9.17, 15) is 14.4 Å². The molecular weight excluding hydrogens is 340 g/mol. The Kier molecular flexibility index (Phi) is 5.75. The summed E-state index contributed by atoms with van der Waals surface area (Å²) >= 11 is 0. The van der Waals surface area contributed by atoms with Crippen molar-refractivity contribution in [3.63, 3.8) is 0 Å². The molecule has 140 valence electrons. The van der Waals surface area contributed by atoms with Crippen molar-refractivity contribution in [2.24, 2.45) is 0 Å². The zero-order valence-corrected chi connectivity index (χ0v) is 15.1. The van der Waals surface area contributed by atoms with Crippen LogP contribution in [0.1, 0.15) is 54.7 Å². The number of carboxylic acid groups (broad SMARTS) is 1. The molecule has 0 aromatic carbocycles. The number of anilines is 1. The van der Waals surface area contributed by atoms with Gasteiger partial charge in [-0.25, -0.2) is 4.79 Å². The molecule has 10 heteroatoms. The van der Waals surface area contributed by atoms with E-state index in [2.05, 4.69) is 20.8 Å². The second kappa shape index (κ2) is 7.81. The van der Waals surface area contributed by atoms with E-state index in [1.165, 1.54) is 16.9 Å². The van der Waals surface area contributed by atoms with E-state index in [1.807, 2.05) is 20.8 Å². The number of aromatic carboxylic acids is 1. The van der Waals surface area contributed by atoms with Gasteiger partial charge in [-0.15, -0.1) is 0 Å². The Morgan fingerprint density at radius 2 is 1.92 bits per heavy atom. The molecule has 0 bridgehead atoms. The maximum atomic E-state index is 12.5. The van der Waals surface area contributed by atoms with Crippen molar-refractivity contribution in [2.45, 2.75) is 46.3 Å². The van der Waals surface area contributed by atoms with E-state index < -0.39 is 17.9 Å². The maximum Gasteiger partial charge on any atom is 0.356 e. The highest BCUT2D eigenvalue weighted by atomic mass is 16.4. The van der Waals surface area contributed by atoms with Gasteiger partial charge in [0.05, 0.1) is 5.69 Å². The quantitative estimate of drug-likeness (QED) is 0.677. The summed E-state index contributed by atoms with van der Waals surface area (Å²) < 4.78 is 2.79. The van der Waals surface area contributed by atoms with Crippen molar-refractivity contribution in [2.75, 3.05) is 5.32 Å². The minimum atomic E-state index is -1.17. The fourth-order valence-electron chi connectivity index (χ4n) is 2.20. The monoisotopic (exact) mass is 362 g/mol. The maximum absolute atomic E-state index is 12.5. The number of nitrogens with one attached hydrogen (secondary N) is 2. The summed E-state index contributed by atoms with van der Waals surface area (Å²) in [6.45, 7) is 7.63. The van der Waals surface area contributed by atoms with Crippen LogP contribution >= 0.6 is 0 Å². The van der Waals surface area contributed by atoms with Gasteiger partial charge < -0.3 is 15.7 Å². The number of carbonyl (C=O) groups is 3. The number of carbonyl (C=O) groups excluding carboxylic acids is 2. The van der Waals surface area contributed by atoms with Crippen LogP contribution in [0, 0.1) is 0 Å². The molecular formula is C16H22N6O4. The Morgan fingerprint density at radius 3 is 2.46 bits per heavy atom. The molecule has 26 heavy (non-hydrogen) atoms. The molecule has 0 aliphatic rings. The van der Waals surface area contributed by atoms with Gasteiger partial charge in [0.1, 0.15) is 6.04 Å². The zero-order valence-electron chi connectivity index (χ0n) is 15.1. The molecule has 2 aromatic heterocycles. The topological polar surface area (TPSA) is 131 Å². The van der Waals surface area contributed by atoms with Gasteiger partial charge in [-0.05, 0) is 33.8 Å². The molecule has 2 heterocycles. The van der Waals surface area contributed by atoms with Crippen LogP contribution in [0.25, 0.3) is 0 Å². The fourth-order valence-corrected chi connectivity index (χ4v) is 2.20. The Balaban J connectivity index is 2.20. The Labute approximate surface area is 150 Å². The average Bonchev–Trinajstić information content (AvgIpc) is 3.20. The second-order valence-corrected chi connectivity index (χ2v) is 6.03. The summed E-state index contributed by atoms with van der Waals surface area (Å²) in [6.07, 6.45) is 2.99. The van der Waals surface area contributed by atoms with Crippen LogP contribution in [0.3, 0.4) is 0 Å². The van der Waals surface area contributed by atoms with Crippen molar-refractivity contribution in [3.8, 4) is 0 Å². The van der Waals surface area contributed by atoms with Crippen LogP contribution in [0.15, 0.2) is 18.5 Å². The lowest BCUT2D eigenvalue weighted by molar-refractivity contribution is -0.119. The molecule has 0 aliphatic carbocycles. The van der Waals surface area contributed by atoms with Gasteiger partial charge in [-0.1, -0.05) is 0 Å². The van der Waals surface area contributed by atoms with Crippen molar-refractivity contribution in [1.29, 1.82) is 0 Å². The van der Waals surface area contributed by atoms with Crippen LogP contribution < -0.4 is 10.6 Å². The first-order chi connectivity index (χ1) is 12.2. The van der Waals surface area contributed by atoms with E-state index in [0.717, 1.165) is 0 Å². The summed E-state index contributed by atoms with van der Waals surface area (Å²) in [5, 5.41) is 22.4. The highest BCUT2D eigenvalue weighted by Gasteiger charge is 2.23. The molecule has 0 saturated carbocycles. The van der Waals surface area contributed by atoms with Crippen LogP contribution in [-0.2, 0) is 11.3 Å². The lowest BCUT2D eigenvalue weighted by Gasteiger charge is -2.13. The van der Waals surface area contributed by atoms with E-state index >= 15 is 0 Å². The SMILES string of the molecule is CCn1cc(NC(=O)C(C)n2ccc(C(=O)O)n2)c(C(=O)NC(C)C)n1. The van der Waals surface area contributed by atoms with Crippen molar-refractivity contribution < 1.29 is 19.5 Å². The number of hydrogen-bond acceptors (Lipinski definition) is 5. The second-order valence-electron chi connectivity index (χ2n) is 6.03. The fraction of sp³-hybridized carbons (Fsp3) is 0.438. The predicted molar refractivity (Wildman–Crippen MR) is 93.0 cm³/mol. The minimum Gasteiger partial charge on any atom is -0.476 e. The first-order valence-corrected chi connectivity index (χ1v) is 8.20. The summed E-state index contributed by atoms with van der Waals surface area (Å²) in [4.78, 5) is 35.7. The third-order valence-corrected chi connectivity index (χ3v) is 3.58. The molecule has 10 nitrogen and oxygen atoms in total.